The Bertz CT molecular complexity index is 1140. The molecule has 1 heterocycles. The van der Waals surface area contributed by atoms with Gasteiger partial charge in [-0.3, -0.25) is 19.5 Å². The third-order valence-electron chi connectivity index (χ3n) is 4.34. The van der Waals surface area contributed by atoms with Crippen LogP contribution in [0.5, 0.6) is 0 Å². The van der Waals surface area contributed by atoms with Crippen molar-refractivity contribution in [3.8, 4) is 5.69 Å². The molecule has 8 heteroatoms. The quantitative estimate of drug-likeness (QED) is 0.511. The third kappa shape index (κ3) is 4.65. The van der Waals surface area contributed by atoms with Gasteiger partial charge in [-0.1, -0.05) is 30.0 Å². The van der Waals surface area contributed by atoms with Gasteiger partial charge in [0.05, 0.1) is 29.0 Å². The Morgan fingerprint density at radius 1 is 1.14 bits per heavy atom. The largest absolute Gasteiger partial charge is 0.450 e. The van der Waals surface area contributed by atoms with Crippen LogP contribution in [0.4, 0.5) is 4.79 Å². The molecule has 0 unspecified atom stereocenters. The van der Waals surface area contributed by atoms with Gasteiger partial charge in [0, 0.05) is 0 Å². The Morgan fingerprint density at radius 2 is 1.90 bits per heavy atom. The minimum Gasteiger partial charge on any atom is -0.450 e. The Hall–Kier alpha value is -3.13. The average molecular weight is 411 g/mol. The van der Waals surface area contributed by atoms with Gasteiger partial charge in [-0.05, 0) is 56.2 Å². The van der Waals surface area contributed by atoms with Crippen molar-refractivity contribution < 1.29 is 14.3 Å². The smallest absolute Gasteiger partial charge is 0.413 e. The summed E-state index contributed by atoms with van der Waals surface area (Å²) in [7, 11) is 0. The molecule has 1 aromatic heterocycles. The summed E-state index contributed by atoms with van der Waals surface area (Å²) in [5, 5.41) is 3.01. The number of nitrogens with zero attached hydrogens (tertiary/aromatic N) is 2. The number of amides is 2. The van der Waals surface area contributed by atoms with Crippen LogP contribution in [0, 0.1) is 13.8 Å². The minimum absolute atomic E-state index is 0.0889. The molecule has 0 aliphatic rings. The number of thioether (sulfide) groups is 1. The lowest BCUT2D eigenvalue weighted by Crippen LogP contribution is -2.32. The topological polar surface area (TPSA) is 90.3 Å². The normalized spacial score (nSPS) is 10.7. The lowest BCUT2D eigenvalue weighted by Gasteiger charge is -2.14. The van der Waals surface area contributed by atoms with Crippen LogP contribution in [0.3, 0.4) is 0 Å². The van der Waals surface area contributed by atoms with Gasteiger partial charge in [0.15, 0.2) is 5.16 Å². The molecule has 0 aliphatic carbocycles. The zero-order valence-electron chi connectivity index (χ0n) is 16.4. The number of ether oxygens (including phenoxy) is 1. The van der Waals surface area contributed by atoms with E-state index in [4.69, 9.17) is 4.74 Å². The lowest BCUT2D eigenvalue weighted by molar-refractivity contribution is -0.117. The van der Waals surface area contributed by atoms with Crippen LogP contribution in [-0.2, 0) is 9.53 Å². The van der Waals surface area contributed by atoms with Crippen molar-refractivity contribution >= 4 is 34.7 Å². The van der Waals surface area contributed by atoms with Crippen molar-refractivity contribution in [2.75, 3.05) is 12.4 Å². The first-order valence-electron chi connectivity index (χ1n) is 9.09. The molecule has 3 aromatic rings. The summed E-state index contributed by atoms with van der Waals surface area (Å²) in [6, 6.07) is 12.8. The summed E-state index contributed by atoms with van der Waals surface area (Å²) in [4.78, 5) is 41.2. The van der Waals surface area contributed by atoms with Gasteiger partial charge in [0.25, 0.3) is 5.56 Å². The second-order valence-corrected chi connectivity index (χ2v) is 7.32. The Labute approximate surface area is 172 Å². The van der Waals surface area contributed by atoms with Crippen molar-refractivity contribution in [2.45, 2.75) is 25.9 Å². The monoisotopic (exact) mass is 411 g/mol. The van der Waals surface area contributed by atoms with Crippen LogP contribution in [0.1, 0.15) is 18.1 Å². The molecule has 29 heavy (non-hydrogen) atoms. The molecular weight excluding hydrogens is 390 g/mol. The van der Waals surface area contributed by atoms with E-state index < -0.39 is 12.0 Å². The number of alkyl carbamates (subject to hydrolysis) is 1. The number of benzene rings is 2. The number of hydrogen-bond acceptors (Lipinski definition) is 6. The van der Waals surface area contributed by atoms with Gasteiger partial charge >= 0.3 is 6.09 Å². The Kier molecular flexibility index (Phi) is 6.33. The molecule has 0 saturated carbocycles. The zero-order valence-corrected chi connectivity index (χ0v) is 17.2. The number of imide groups is 1. The number of aromatic nitrogens is 2. The SMILES string of the molecule is CCOC(=O)NC(=O)CSc1nc2ccccc2c(=O)n1-c1ccc(C)c(C)c1. The predicted octanol–water partition coefficient (Wildman–Crippen LogP) is 3.37. The number of rotatable bonds is 5. The first-order valence-corrected chi connectivity index (χ1v) is 10.1. The van der Waals surface area contributed by atoms with Crippen molar-refractivity contribution in [3.63, 3.8) is 0 Å². The molecule has 0 bridgehead atoms. The maximum atomic E-state index is 13.2. The van der Waals surface area contributed by atoms with Gasteiger partial charge < -0.3 is 4.74 Å². The van der Waals surface area contributed by atoms with Crippen LogP contribution in [-0.4, -0.2) is 33.9 Å². The summed E-state index contributed by atoms with van der Waals surface area (Å²) in [6.45, 7) is 5.79. The highest BCUT2D eigenvalue weighted by Crippen LogP contribution is 2.22. The number of fused-ring (bicyclic) bond motifs is 1. The molecule has 2 aromatic carbocycles. The van der Waals surface area contributed by atoms with Crippen LogP contribution in [0.2, 0.25) is 0 Å². The van der Waals surface area contributed by atoms with E-state index in [1.807, 2.05) is 32.0 Å². The molecule has 150 valence electrons. The molecule has 0 spiro atoms. The van der Waals surface area contributed by atoms with E-state index in [0.717, 1.165) is 22.9 Å². The molecule has 7 nitrogen and oxygen atoms in total. The maximum absolute atomic E-state index is 13.2. The Balaban J connectivity index is 2.01. The van der Waals surface area contributed by atoms with E-state index in [0.29, 0.717) is 21.7 Å². The van der Waals surface area contributed by atoms with Crippen molar-refractivity contribution in [1.29, 1.82) is 0 Å². The van der Waals surface area contributed by atoms with Gasteiger partial charge in [-0.2, -0.15) is 0 Å². The van der Waals surface area contributed by atoms with E-state index in [2.05, 4.69) is 10.3 Å². The maximum Gasteiger partial charge on any atom is 0.413 e. The first kappa shape index (κ1) is 20.6. The van der Waals surface area contributed by atoms with Gasteiger partial charge in [-0.25, -0.2) is 9.78 Å². The van der Waals surface area contributed by atoms with Crippen molar-refractivity contribution in [1.82, 2.24) is 14.9 Å². The summed E-state index contributed by atoms with van der Waals surface area (Å²) in [5.74, 6) is -0.614. The van der Waals surface area contributed by atoms with Gasteiger partial charge in [-0.15, -0.1) is 0 Å². The summed E-state index contributed by atoms with van der Waals surface area (Å²) < 4.78 is 6.20. The highest BCUT2D eigenvalue weighted by molar-refractivity contribution is 7.99. The van der Waals surface area contributed by atoms with Gasteiger partial charge in [0.1, 0.15) is 0 Å². The number of carbonyl (C=O) groups excluding carboxylic acids is 2. The fourth-order valence-corrected chi connectivity index (χ4v) is 3.56. The van der Waals surface area contributed by atoms with E-state index in [1.54, 1.807) is 31.2 Å². The van der Waals surface area contributed by atoms with E-state index in [-0.39, 0.29) is 17.9 Å². The highest BCUT2D eigenvalue weighted by Gasteiger charge is 2.16. The molecule has 0 radical (unpaired) electrons. The third-order valence-corrected chi connectivity index (χ3v) is 5.28. The van der Waals surface area contributed by atoms with E-state index in [1.165, 1.54) is 4.57 Å². The number of nitrogens with one attached hydrogen (secondary N) is 1. The minimum atomic E-state index is -0.795. The van der Waals surface area contributed by atoms with Crippen LogP contribution in [0.15, 0.2) is 52.4 Å². The molecule has 3 rings (SSSR count). The molecule has 1 N–H and O–H groups in total. The number of para-hydroxylation sites is 1. The molecule has 0 fully saturated rings. The second-order valence-electron chi connectivity index (χ2n) is 6.38. The summed E-state index contributed by atoms with van der Waals surface area (Å²) in [5.41, 5.74) is 3.15. The fourth-order valence-electron chi connectivity index (χ4n) is 2.75. The predicted molar refractivity (Wildman–Crippen MR) is 113 cm³/mol. The van der Waals surface area contributed by atoms with E-state index >= 15 is 0 Å². The molecule has 0 saturated heterocycles. The second kappa shape index (κ2) is 8.91. The number of carbonyl (C=O) groups is 2. The summed E-state index contributed by atoms with van der Waals surface area (Å²) >= 11 is 1.08. The van der Waals surface area contributed by atoms with Crippen molar-refractivity contribution in [3.05, 3.63) is 63.9 Å². The number of hydrogen-bond donors (Lipinski definition) is 1. The van der Waals surface area contributed by atoms with Gasteiger partial charge in [0.2, 0.25) is 5.91 Å². The standard InChI is InChI=1S/C21H21N3O4S/c1-4-28-21(27)23-18(25)12-29-20-22-17-8-6-5-7-16(17)19(26)24(20)15-10-9-13(2)14(3)11-15/h5-11H,4,12H2,1-3H3,(H,23,25,27). The van der Waals surface area contributed by atoms with Crippen LogP contribution < -0.4 is 10.9 Å². The Morgan fingerprint density at radius 3 is 2.62 bits per heavy atom. The molecule has 0 atom stereocenters. The fraction of sp³-hybridized carbons (Fsp3) is 0.238. The van der Waals surface area contributed by atoms with E-state index in [9.17, 15) is 14.4 Å². The number of aryl methyl sites for hydroxylation is 2. The highest BCUT2D eigenvalue weighted by atomic mass is 32.2. The van der Waals surface area contributed by atoms with Crippen LogP contribution >= 0.6 is 11.8 Å². The lowest BCUT2D eigenvalue weighted by atomic mass is 10.1. The summed E-state index contributed by atoms with van der Waals surface area (Å²) in [6.07, 6.45) is -0.795. The average Bonchev–Trinajstić information content (AvgIpc) is 2.69. The molecular formula is C21H21N3O4S. The van der Waals surface area contributed by atoms with Crippen molar-refractivity contribution in [2.24, 2.45) is 0 Å². The molecule has 0 aliphatic heterocycles. The zero-order chi connectivity index (χ0) is 21.0. The molecule has 2 amide bonds. The first-order chi connectivity index (χ1) is 13.9. The van der Waals surface area contributed by atoms with Crippen LogP contribution in [0.25, 0.3) is 16.6 Å².